The molecule has 0 saturated carbocycles. The Morgan fingerprint density at radius 1 is 1.43 bits per heavy atom. The number of piperazine rings is 1. The zero-order chi connectivity index (χ0) is 15.3. The zero-order valence-corrected chi connectivity index (χ0v) is 12.3. The highest BCUT2D eigenvalue weighted by Gasteiger charge is 2.43. The molecule has 0 bridgehead atoms. The highest BCUT2D eigenvalue weighted by Crippen LogP contribution is 2.24. The van der Waals surface area contributed by atoms with Gasteiger partial charge in [-0.05, 0) is 22.4 Å². The van der Waals surface area contributed by atoms with Crippen molar-refractivity contribution in [3.8, 4) is 0 Å². The van der Waals surface area contributed by atoms with Gasteiger partial charge in [0.1, 0.15) is 6.04 Å². The molecule has 2 heterocycles. The normalized spacial score (nSPS) is 18.4. The number of nitrogens with one attached hydrogen (secondary N) is 2. The molecule has 0 radical (unpaired) electrons. The molecule has 118 valence electrons. The summed E-state index contributed by atoms with van der Waals surface area (Å²) in [7, 11) is 0. The van der Waals surface area contributed by atoms with E-state index in [9.17, 15) is 18.0 Å². The summed E-state index contributed by atoms with van der Waals surface area (Å²) in [6, 6.07) is 0.174. The van der Waals surface area contributed by atoms with Crippen LogP contribution in [0.4, 0.5) is 13.2 Å². The van der Waals surface area contributed by atoms with Gasteiger partial charge in [0, 0.05) is 32.7 Å². The van der Waals surface area contributed by atoms with Crippen LogP contribution in [0, 0.1) is 0 Å². The van der Waals surface area contributed by atoms with E-state index in [-0.39, 0.29) is 12.3 Å². The highest BCUT2D eigenvalue weighted by molar-refractivity contribution is 7.07. The standard InChI is InChI=1S/C13H18F3N3OS/c14-13(15,16)11(19-4-2-17-3-5-19)8-18-12(20)7-10-1-6-21-9-10/h1,6,9,11,17H,2-5,7-8H2,(H,18,20). The summed E-state index contributed by atoms with van der Waals surface area (Å²) in [6.07, 6.45) is -4.22. The second-order valence-corrected chi connectivity index (χ2v) is 5.74. The summed E-state index contributed by atoms with van der Waals surface area (Å²) >= 11 is 1.46. The summed E-state index contributed by atoms with van der Waals surface area (Å²) in [5, 5.41) is 9.08. The fraction of sp³-hybridized carbons (Fsp3) is 0.615. The minimum atomic E-state index is -4.34. The topological polar surface area (TPSA) is 44.4 Å². The molecule has 1 atom stereocenters. The molecule has 2 rings (SSSR count). The molecule has 21 heavy (non-hydrogen) atoms. The Balaban J connectivity index is 1.88. The maximum Gasteiger partial charge on any atom is 0.405 e. The van der Waals surface area contributed by atoms with Crippen LogP contribution in [0.25, 0.3) is 0 Å². The van der Waals surface area contributed by atoms with Gasteiger partial charge in [0.25, 0.3) is 0 Å². The predicted molar refractivity (Wildman–Crippen MR) is 75.3 cm³/mol. The third-order valence-electron chi connectivity index (χ3n) is 3.41. The third-order valence-corrected chi connectivity index (χ3v) is 4.14. The van der Waals surface area contributed by atoms with Crippen molar-refractivity contribution >= 4 is 17.2 Å². The van der Waals surface area contributed by atoms with Crippen molar-refractivity contribution in [2.75, 3.05) is 32.7 Å². The van der Waals surface area contributed by atoms with Gasteiger partial charge in [-0.25, -0.2) is 0 Å². The Hall–Kier alpha value is -1.12. The van der Waals surface area contributed by atoms with Crippen molar-refractivity contribution in [3.05, 3.63) is 22.4 Å². The number of amides is 1. The van der Waals surface area contributed by atoms with Crippen molar-refractivity contribution in [1.29, 1.82) is 0 Å². The Bertz CT molecular complexity index is 444. The summed E-state index contributed by atoms with van der Waals surface area (Å²) in [5.41, 5.74) is 0.822. The van der Waals surface area contributed by atoms with Crippen LogP contribution in [0.15, 0.2) is 16.8 Å². The van der Waals surface area contributed by atoms with Crippen LogP contribution < -0.4 is 10.6 Å². The Kier molecular flexibility index (Phi) is 5.60. The van der Waals surface area contributed by atoms with Crippen LogP contribution in [0.2, 0.25) is 0 Å². The largest absolute Gasteiger partial charge is 0.405 e. The Morgan fingerprint density at radius 3 is 2.71 bits per heavy atom. The molecule has 2 N–H and O–H groups in total. The first kappa shape index (κ1) is 16.3. The second kappa shape index (κ2) is 7.24. The lowest BCUT2D eigenvalue weighted by Gasteiger charge is -2.35. The SMILES string of the molecule is O=C(Cc1ccsc1)NCC(N1CCNCC1)C(F)(F)F. The van der Waals surface area contributed by atoms with E-state index < -0.39 is 18.8 Å². The number of alkyl halides is 3. The average molecular weight is 321 g/mol. The van der Waals surface area contributed by atoms with Gasteiger partial charge in [-0.2, -0.15) is 24.5 Å². The van der Waals surface area contributed by atoms with Crippen molar-refractivity contribution < 1.29 is 18.0 Å². The van der Waals surface area contributed by atoms with E-state index in [1.807, 2.05) is 10.8 Å². The van der Waals surface area contributed by atoms with E-state index in [1.165, 1.54) is 16.2 Å². The van der Waals surface area contributed by atoms with E-state index in [0.29, 0.717) is 26.2 Å². The molecule has 0 aliphatic carbocycles. The zero-order valence-electron chi connectivity index (χ0n) is 11.4. The monoisotopic (exact) mass is 321 g/mol. The summed E-state index contributed by atoms with van der Waals surface area (Å²) in [5.74, 6) is -0.377. The van der Waals surface area contributed by atoms with Gasteiger partial charge >= 0.3 is 6.18 Å². The molecule has 1 aromatic heterocycles. The number of hydrogen-bond donors (Lipinski definition) is 2. The van der Waals surface area contributed by atoms with Gasteiger partial charge in [-0.3, -0.25) is 9.69 Å². The first-order valence-electron chi connectivity index (χ1n) is 6.76. The molecule has 1 aliphatic heterocycles. The first-order chi connectivity index (χ1) is 9.97. The first-order valence-corrected chi connectivity index (χ1v) is 7.70. The van der Waals surface area contributed by atoms with Crippen LogP contribution >= 0.6 is 11.3 Å². The third kappa shape index (κ3) is 4.98. The Morgan fingerprint density at radius 2 is 2.14 bits per heavy atom. The van der Waals surface area contributed by atoms with E-state index in [2.05, 4.69) is 10.6 Å². The maximum atomic E-state index is 13.1. The van der Waals surface area contributed by atoms with Crippen LogP contribution in [-0.2, 0) is 11.2 Å². The minimum Gasteiger partial charge on any atom is -0.354 e. The van der Waals surface area contributed by atoms with Crippen molar-refractivity contribution in [2.24, 2.45) is 0 Å². The molecule has 4 nitrogen and oxygen atoms in total. The molecule has 1 amide bonds. The van der Waals surface area contributed by atoms with Gasteiger partial charge in [0.05, 0.1) is 6.42 Å². The molecule has 8 heteroatoms. The quantitative estimate of drug-likeness (QED) is 0.858. The van der Waals surface area contributed by atoms with Crippen molar-refractivity contribution in [2.45, 2.75) is 18.6 Å². The van der Waals surface area contributed by atoms with E-state index in [1.54, 1.807) is 6.07 Å². The number of rotatable bonds is 5. The van der Waals surface area contributed by atoms with E-state index in [4.69, 9.17) is 0 Å². The molecular formula is C13H18F3N3OS. The van der Waals surface area contributed by atoms with Crippen LogP contribution in [0.5, 0.6) is 0 Å². The molecule has 0 aromatic carbocycles. The lowest BCUT2D eigenvalue weighted by molar-refractivity contribution is -0.184. The summed E-state index contributed by atoms with van der Waals surface area (Å²) in [6.45, 7) is 1.35. The smallest absolute Gasteiger partial charge is 0.354 e. The lowest BCUT2D eigenvalue weighted by atomic mass is 10.2. The summed E-state index contributed by atoms with van der Waals surface area (Å²) in [4.78, 5) is 13.1. The highest BCUT2D eigenvalue weighted by atomic mass is 32.1. The fourth-order valence-corrected chi connectivity index (χ4v) is 2.97. The molecule has 1 saturated heterocycles. The summed E-state index contributed by atoms with van der Waals surface area (Å²) < 4.78 is 39.4. The van der Waals surface area contributed by atoms with Crippen molar-refractivity contribution in [1.82, 2.24) is 15.5 Å². The second-order valence-electron chi connectivity index (χ2n) is 4.96. The van der Waals surface area contributed by atoms with Crippen LogP contribution in [-0.4, -0.2) is 55.7 Å². The average Bonchev–Trinajstić information content (AvgIpc) is 2.91. The van der Waals surface area contributed by atoms with Gasteiger partial charge in [0.2, 0.25) is 5.91 Å². The molecule has 1 aliphatic rings. The van der Waals surface area contributed by atoms with Gasteiger partial charge in [-0.1, -0.05) is 0 Å². The van der Waals surface area contributed by atoms with Gasteiger partial charge in [-0.15, -0.1) is 0 Å². The van der Waals surface area contributed by atoms with E-state index in [0.717, 1.165) is 5.56 Å². The number of carbonyl (C=O) groups excluding carboxylic acids is 1. The maximum absolute atomic E-state index is 13.1. The molecular weight excluding hydrogens is 303 g/mol. The number of hydrogen-bond acceptors (Lipinski definition) is 4. The lowest BCUT2D eigenvalue weighted by Crippen LogP contribution is -2.57. The number of thiophene rings is 1. The van der Waals surface area contributed by atoms with Gasteiger partial charge in [0.15, 0.2) is 0 Å². The van der Waals surface area contributed by atoms with Gasteiger partial charge < -0.3 is 10.6 Å². The number of nitrogens with zero attached hydrogens (tertiary/aromatic N) is 1. The predicted octanol–water partition coefficient (Wildman–Crippen LogP) is 1.24. The molecule has 0 spiro atoms. The minimum absolute atomic E-state index is 0.121. The molecule has 1 aromatic rings. The van der Waals surface area contributed by atoms with Crippen LogP contribution in [0.1, 0.15) is 5.56 Å². The molecule has 1 unspecified atom stereocenters. The Labute approximate surface area is 125 Å². The van der Waals surface area contributed by atoms with Crippen molar-refractivity contribution in [3.63, 3.8) is 0 Å². The fourth-order valence-electron chi connectivity index (χ4n) is 2.30. The van der Waals surface area contributed by atoms with Crippen LogP contribution in [0.3, 0.4) is 0 Å². The number of halogens is 3. The molecule has 1 fully saturated rings. The number of carbonyl (C=O) groups is 1. The van der Waals surface area contributed by atoms with E-state index >= 15 is 0 Å².